The third-order valence-electron chi connectivity index (χ3n) is 6.61. The maximum Gasteiger partial charge on any atom is 0.341 e. The smallest absolute Gasteiger partial charge is 0.341 e. The molecule has 1 saturated carbocycles. The zero-order chi connectivity index (χ0) is 24.4. The molecule has 8 nitrogen and oxygen atoms in total. The number of halogens is 3. The van der Waals surface area contributed by atoms with Crippen molar-refractivity contribution in [1.29, 1.82) is 0 Å². The molecule has 11 heteroatoms. The number of aromatic nitrogens is 2. The molecule has 1 aromatic carbocycles. The molecule has 2 atom stereocenters. The summed E-state index contributed by atoms with van der Waals surface area (Å²) in [4.78, 5) is 41.7. The average molecular weight is 472 g/mol. The quantitative estimate of drug-likeness (QED) is 0.591. The van der Waals surface area contributed by atoms with Gasteiger partial charge in [0.05, 0.1) is 11.1 Å². The van der Waals surface area contributed by atoms with E-state index >= 15 is 4.39 Å². The van der Waals surface area contributed by atoms with E-state index in [1.165, 1.54) is 6.92 Å². The normalized spacial score (nSPS) is 20.9. The SMILES string of the molecule is CC(=O)NCC12CC1CN(c1nc3c(cc1F)c(=O)c(C(=O)O)cn3-c1ccc(F)cc1F)C2. The van der Waals surface area contributed by atoms with Crippen molar-refractivity contribution < 1.29 is 27.9 Å². The number of carboxylic acids is 1. The number of benzene rings is 1. The van der Waals surface area contributed by atoms with Crippen LogP contribution in [0.1, 0.15) is 23.7 Å². The van der Waals surface area contributed by atoms with Crippen LogP contribution in [0.25, 0.3) is 16.7 Å². The number of carboxylic acid groups (broad SMARTS) is 1. The van der Waals surface area contributed by atoms with Gasteiger partial charge in [-0.2, -0.15) is 0 Å². The zero-order valence-corrected chi connectivity index (χ0v) is 17.9. The van der Waals surface area contributed by atoms with Gasteiger partial charge < -0.3 is 15.3 Å². The summed E-state index contributed by atoms with van der Waals surface area (Å²) in [7, 11) is 0. The molecule has 2 N–H and O–H groups in total. The molecule has 1 aliphatic carbocycles. The molecule has 1 saturated heterocycles. The third-order valence-corrected chi connectivity index (χ3v) is 6.61. The Morgan fingerprint density at radius 2 is 2.00 bits per heavy atom. The van der Waals surface area contributed by atoms with Crippen molar-refractivity contribution in [1.82, 2.24) is 14.9 Å². The van der Waals surface area contributed by atoms with E-state index < -0.39 is 34.4 Å². The molecular formula is C23H19F3N4O4. The van der Waals surface area contributed by atoms with E-state index in [1.54, 1.807) is 4.90 Å². The monoisotopic (exact) mass is 472 g/mol. The van der Waals surface area contributed by atoms with Crippen LogP contribution >= 0.6 is 0 Å². The van der Waals surface area contributed by atoms with Crippen molar-refractivity contribution in [2.24, 2.45) is 11.3 Å². The molecule has 2 fully saturated rings. The van der Waals surface area contributed by atoms with Crippen LogP contribution in [0.3, 0.4) is 0 Å². The number of fused-ring (bicyclic) bond motifs is 2. The largest absolute Gasteiger partial charge is 0.477 e. The number of amides is 1. The van der Waals surface area contributed by atoms with E-state index in [4.69, 9.17) is 0 Å². The molecule has 0 bridgehead atoms. The summed E-state index contributed by atoms with van der Waals surface area (Å²) in [6.07, 6.45) is 1.78. The summed E-state index contributed by atoms with van der Waals surface area (Å²) < 4.78 is 44.2. The predicted octanol–water partition coefficient (Wildman–Crippen LogP) is 2.46. The molecule has 0 radical (unpaired) electrons. The van der Waals surface area contributed by atoms with Gasteiger partial charge in [0.2, 0.25) is 11.3 Å². The number of rotatable bonds is 5. The number of nitrogens with one attached hydrogen (secondary N) is 1. The van der Waals surface area contributed by atoms with Crippen LogP contribution < -0.4 is 15.6 Å². The molecule has 5 rings (SSSR count). The minimum Gasteiger partial charge on any atom is -0.477 e. The van der Waals surface area contributed by atoms with E-state index in [0.29, 0.717) is 25.7 Å². The number of carbonyl (C=O) groups excluding carboxylic acids is 1. The lowest BCUT2D eigenvalue weighted by Gasteiger charge is -2.23. The number of hydrogen-bond donors (Lipinski definition) is 2. The molecule has 1 amide bonds. The Morgan fingerprint density at radius 1 is 1.24 bits per heavy atom. The lowest BCUT2D eigenvalue weighted by molar-refractivity contribution is -0.119. The van der Waals surface area contributed by atoms with Gasteiger partial charge >= 0.3 is 5.97 Å². The topological polar surface area (TPSA) is 105 Å². The van der Waals surface area contributed by atoms with Crippen LogP contribution in [-0.4, -0.2) is 46.2 Å². The standard InChI is InChI=1S/C23H19F3N4O4/c1-11(31)27-9-23-6-12(23)7-29(10-23)21-17(26)5-14-19(32)15(22(33)34)8-30(20(14)28-21)18-3-2-13(24)4-16(18)25/h2-5,8,12H,6-7,9-10H2,1H3,(H,27,31)(H,33,34). The van der Waals surface area contributed by atoms with Crippen molar-refractivity contribution in [3.8, 4) is 5.69 Å². The Bertz CT molecular complexity index is 1440. The fourth-order valence-corrected chi connectivity index (χ4v) is 4.78. The van der Waals surface area contributed by atoms with Crippen molar-refractivity contribution in [2.75, 3.05) is 24.5 Å². The van der Waals surface area contributed by atoms with Gasteiger partial charge in [0, 0.05) is 44.2 Å². The van der Waals surface area contributed by atoms with Crippen molar-refractivity contribution >= 4 is 28.7 Å². The second-order valence-electron chi connectivity index (χ2n) is 8.86. The van der Waals surface area contributed by atoms with Gasteiger partial charge in [0.25, 0.3) is 0 Å². The molecule has 34 heavy (non-hydrogen) atoms. The number of aromatic carboxylic acids is 1. The minimum absolute atomic E-state index is 0.0688. The van der Waals surface area contributed by atoms with Crippen LogP contribution in [0, 0.1) is 28.8 Å². The fourth-order valence-electron chi connectivity index (χ4n) is 4.78. The Hall–Kier alpha value is -3.89. The van der Waals surface area contributed by atoms with Crippen molar-refractivity contribution in [3.05, 3.63) is 63.7 Å². The summed E-state index contributed by atoms with van der Waals surface area (Å²) >= 11 is 0. The van der Waals surface area contributed by atoms with E-state index in [1.807, 2.05) is 0 Å². The molecule has 1 aliphatic heterocycles. The Morgan fingerprint density at radius 3 is 2.68 bits per heavy atom. The highest BCUT2D eigenvalue weighted by atomic mass is 19.1. The maximum absolute atomic E-state index is 15.1. The zero-order valence-electron chi connectivity index (χ0n) is 17.9. The van der Waals surface area contributed by atoms with Gasteiger partial charge in [-0.3, -0.25) is 14.2 Å². The number of nitrogens with zero attached hydrogens (tertiary/aromatic N) is 3. The summed E-state index contributed by atoms with van der Waals surface area (Å²) in [6.45, 7) is 2.78. The second-order valence-corrected chi connectivity index (χ2v) is 8.86. The van der Waals surface area contributed by atoms with Gasteiger partial charge in [0.1, 0.15) is 17.2 Å². The van der Waals surface area contributed by atoms with Gasteiger partial charge in [-0.1, -0.05) is 0 Å². The maximum atomic E-state index is 15.1. The van der Waals surface area contributed by atoms with Crippen LogP contribution in [0.15, 0.2) is 35.3 Å². The van der Waals surface area contributed by atoms with Crippen LogP contribution in [0.2, 0.25) is 0 Å². The fraction of sp³-hybridized carbons (Fsp3) is 0.304. The summed E-state index contributed by atoms with van der Waals surface area (Å²) in [5, 5.41) is 11.9. The molecular weight excluding hydrogens is 453 g/mol. The molecule has 2 aliphatic rings. The summed E-state index contributed by atoms with van der Waals surface area (Å²) in [5.74, 6) is -4.24. The van der Waals surface area contributed by atoms with E-state index in [0.717, 1.165) is 35.4 Å². The highest BCUT2D eigenvalue weighted by Crippen LogP contribution is 2.58. The predicted molar refractivity (Wildman–Crippen MR) is 116 cm³/mol. The molecule has 176 valence electrons. The van der Waals surface area contributed by atoms with Crippen LogP contribution in [0.4, 0.5) is 19.0 Å². The van der Waals surface area contributed by atoms with E-state index in [-0.39, 0.29) is 39.8 Å². The first-order valence-corrected chi connectivity index (χ1v) is 10.5. The van der Waals surface area contributed by atoms with E-state index in [2.05, 4.69) is 10.3 Å². The molecule has 2 aromatic heterocycles. The van der Waals surface area contributed by atoms with Crippen molar-refractivity contribution in [3.63, 3.8) is 0 Å². The average Bonchev–Trinajstić information content (AvgIpc) is 3.32. The van der Waals surface area contributed by atoms with Gasteiger partial charge in [-0.05, 0) is 30.5 Å². The van der Waals surface area contributed by atoms with E-state index in [9.17, 15) is 28.3 Å². The van der Waals surface area contributed by atoms with Crippen molar-refractivity contribution in [2.45, 2.75) is 13.3 Å². The molecule has 2 unspecified atom stereocenters. The van der Waals surface area contributed by atoms with Gasteiger partial charge in [-0.25, -0.2) is 22.9 Å². The number of anilines is 1. The Labute approximate surface area is 190 Å². The second kappa shape index (κ2) is 7.57. The van der Waals surface area contributed by atoms with Crippen LogP contribution in [0.5, 0.6) is 0 Å². The molecule has 0 spiro atoms. The highest BCUT2D eigenvalue weighted by molar-refractivity contribution is 5.92. The van der Waals surface area contributed by atoms with Gasteiger partial charge in [-0.15, -0.1) is 0 Å². The molecule has 3 aromatic rings. The summed E-state index contributed by atoms with van der Waals surface area (Å²) in [5.41, 5.74) is -2.27. The van der Waals surface area contributed by atoms with Crippen LogP contribution in [-0.2, 0) is 4.79 Å². The number of carbonyl (C=O) groups is 2. The third kappa shape index (κ3) is 3.47. The number of pyridine rings is 2. The Kier molecular flexibility index (Phi) is 4.88. The Balaban J connectivity index is 1.65. The number of piperidine rings is 1. The first kappa shape index (κ1) is 21.9. The molecule has 3 heterocycles. The van der Waals surface area contributed by atoms with Gasteiger partial charge in [0.15, 0.2) is 17.3 Å². The minimum atomic E-state index is -1.58. The first-order valence-electron chi connectivity index (χ1n) is 10.5. The lowest BCUT2D eigenvalue weighted by Crippen LogP contribution is -2.34. The lowest BCUT2D eigenvalue weighted by atomic mass is 10.1. The summed E-state index contributed by atoms with van der Waals surface area (Å²) in [6, 6.07) is 3.57. The highest BCUT2D eigenvalue weighted by Gasteiger charge is 2.60. The first-order chi connectivity index (χ1) is 16.1. The number of hydrogen-bond acceptors (Lipinski definition) is 5.